The zero-order valence-corrected chi connectivity index (χ0v) is 46.2. The van der Waals surface area contributed by atoms with Crippen molar-refractivity contribution in [2.75, 3.05) is 13.2 Å². The van der Waals surface area contributed by atoms with Gasteiger partial charge in [0.1, 0.15) is 13.2 Å². The van der Waals surface area contributed by atoms with Crippen LogP contribution in [0, 0.1) is 0 Å². The molecule has 6 heteroatoms. The molecule has 6 nitrogen and oxygen atoms in total. The van der Waals surface area contributed by atoms with Crippen molar-refractivity contribution in [1.82, 2.24) is 0 Å². The second-order valence-corrected chi connectivity index (χ2v) is 19.2. The summed E-state index contributed by atoms with van der Waals surface area (Å²) in [6, 6.07) is 0. The maximum atomic E-state index is 12.8. The third-order valence-electron chi connectivity index (χ3n) is 12.2. The van der Waals surface area contributed by atoms with Crippen molar-refractivity contribution in [3.8, 4) is 0 Å². The van der Waals surface area contributed by atoms with Crippen LogP contribution in [0.3, 0.4) is 0 Å². The van der Waals surface area contributed by atoms with Gasteiger partial charge in [-0.2, -0.15) is 0 Å². The normalized spacial score (nSPS) is 12.9. The predicted octanol–water partition coefficient (Wildman–Crippen LogP) is 19.9. The number of hydrogen-bond donors (Lipinski definition) is 0. The Hall–Kier alpha value is -3.93. The maximum absolute atomic E-state index is 12.8. The van der Waals surface area contributed by atoms with E-state index in [4.69, 9.17) is 14.2 Å². The molecule has 0 rings (SSSR count). The molecule has 1 atom stereocenters. The first kappa shape index (κ1) is 67.1. The minimum absolute atomic E-state index is 0.108. The smallest absolute Gasteiger partial charge is 0.306 e. The van der Waals surface area contributed by atoms with E-state index in [1.54, 1.807) is 0 Å². The van der Waals surface area contributed by atoms with Crippen LogP contribution in [0.2, 0.25) is 0 Å². The summed E-state index contributed by atoms with van der Waals surface area (Å²) in [5, 5.41) is 0. The topological polar surface area (TPSA) is 78.9 Å². The van der Waals surface area contributed by atoms with Crippen molar-refractivity contribution in [2.24, 2.45) is 0 Å². The van der Waals surface area contributed by atoms with E-state index in [0.29, 0.717) is 19.3 Å². The first-order chi connectivity index (χ1) is 35.0. The molecule has 0 saturated heterocycles. The fraction of sp³-hybridized carbons (Fsp3) is 0.677. The Labute approximate surface area is 438 Å². The molecule has 0 aromatic carbocycles. The Morgan fingerprint density at radius 1 is 0.296 bits per heavy atom. The lowest BCUT2D eigenvalue weighted by atomic mass is 10.1. The third-order valence-corrected chi connectivity index (χ3v) is 12.2. The minimum Gasteiger partial charge on any atom is -0.462 e. The molecular formula is C65H108O6. The van der Waals surface area contributed by atoms with Crippen molar-refractivity contribution < 1.29 is 28.6 Å². The van der Waals surface area contributed by atoms with Crippen LogP contribution in [0.1, 0.15) is 265 Å². The lowest BCUT2D eigenvalue weighted by Crippen LogP contribution is -2.30. The monoisotopic (exact) mass is 985 g/mol. The van der Waals surface area contributed by atoms with Crippen LogP contribution in [-0.2, 0) is 28.6 Å². The number of carbonyl (C=O) groups is 3. The van der Waals surface area contributed by atoms with E-state index in [1.807, 2.05) is 0 Å². The van der Waals surface area contributed by atoms with Crippen molar-refractivity contribution in [1.29, 1.82) is 0 Å². The molecule has 71 heavy (non-hydrogen) atoms. The lowest BCUT2D eigenvalue weighted by molar-refractivity contribution is -0.167. The Bertz CT molecular complexity index is 1460. The van der Waals surface area contributed by atoms with Crippen LogP contribution < -0.4 is 0 Å². The standard InChI is InChI=1S/C65H108O6/c1-4-7-10-13-16-19-22-25-28-31-32-35-37-40-43-46-49-52-55-58-64(67)70-61-62(71-65(68)59-56-53-50-47-44-41-38-34-30-27-24-21-18-15-12-9-6-3)60-69-63(66)57-54-51-48-45-42-39-36-33-29-26-23-20-17-14-11-8-5-2/h9,12,16,18-19,21,25-30,32,35,38,41,47,50,62H,4-8,10-11,13-15,17,20,22-24,31,33-34,36-37,39-40,42-46,48-49,51-61H2,1-3H3/b12-9-,19-16-,21-18-,28-25-,29-26-,30-27-,35-32-,41-38-,50-47-. The predicted molar refractivity (Wildman–Crippen MR) is 307 cm³/mol. The Morgan fingerprint density at radius 2 is 0.563 bits per heavy atom. The van der Waals surface area contributed by atoms with Crippen molar-refractivity contribution in [3.63, 3.8) is 0 Å². The van der Waals surface area contributed by atoms with Gasteiger partial charge in [0, 0.05) is 19.3 Å². The molecular weight excluding hydrogens is 877 g/mol. The van der Waals surface area contributed by atoms with Gasteiger partial charge in [0.25, 0.3) is 0 Å². The highest BCUT2D eigenvalue weighted by Gasteiger charge is 2.19. The number of unbranched alkanes of at least 4 members (excludes halogenated alkanes) is 23. The molecule has 0 radical (unpaired) electrons. The number of allylic oxidation sites excluding steroid dienone is 18. The lowest BCUT2D eigenvalue weighted by Gasteiger charge is -2.18. The summed E-state index contributed by atoms with van der Waals surface area (Å²) < 4.78 is 16.8. The summed E-state index contributed by atoms with van der Waals surface area (Å²) in [5.41, 5.74) is 0. The molecule has 0 spiro atoms. The van der Waals surface area contributed by atoms with E-state index in [2.05, 4.69) is 130 Å². The van der Waals surface area contributed by atoms with Crippen LogP contribution in [0.25, 0.3) is 0 Å². The van der Waals surface area contributed by atoms with Crippen molar-refractivity contribution in [3.05, 3.63) is 109 Å². The minimum atomic E-state index is -0.818. The molecule has 0 bridgehead atoms. The second-order valence-electron chi connectivity index (χ2n) is 19.2. The van der Waals surface area contributed by atoms with Crippen LogP contribution in [0.4, 0.5) is 0 Å². The van der Waals surface area contributed by atoms with Crippen molar-refractivity contribution in [2.45, 2.75) is 271 Å². The highest BCUT2D eigenvalue weighted by molar-refractivity contribution is 5.71. The van der Waals surface area contributed by atoms with Gasteiger partial charge < -0.3 is 14.2 Å². The third kappa shape index (κ3) is 56.9. The number of hydrogen-bond acceptors (Lipinski definition) is 6. The van der Waals surface area contributed by atoms with Crippen molar-refractivity contribution >= 4 is 17.9 Å². The Balaban J connectivity index is 4.51. The van der Waals surface area contributed by atoms with Gasteiger partial charge in [-0.05, 0) is 122 Å². The molecule has 0 heterocycles. The molecule has 0 fully saturated rings. The zero-order chi connectivity index (χ0) is 51.4. The summed E-state index contributed by atoms with van der Waals surface area (Å²) >= 11 is 0. The highest BCUT2D eigenvalue weighted by atomic mass is 16.6. The van der Waals surface area contributed by atoms with Crippen LogP contribution in [0.15, 0.2) is 109 Å². The molecule has 0 saturated carbocycles. The quantitative estimate of drug-likeness (QED) is 0.0261. The number of rotatable bonds is 52. The summed E-state index contributed by atoms with van der Waals surface area (Å²) in [6.07, 6.45) is 79.4. The van der Waals surface area contributed by atoms with E-state index < -0.39 is 6.10 Å². The molecule has 0 aliphatic rings. The fourth-order valence-electron chi connectivity index (χ4n) is 7.83. The van der Waals surface area contributed by atoms with E-state index in [-0.39, 0.29) is 37.5 Å². The maximum Gasteiger partial charge on any atom is 0.306 e. The number of esters is 3. The number of ether oxygens (including phenoxy) is 3. The van der Waals surface area contributed by atoms with Gasteiger partial charge in [-0.3, -0.25) is 14.4 Å². The molecule has 0 aromatic rings. The molecule has 0 aliphatic carbocycles. The Kier molecular flexibility index (Phi) is 55.4. The van der Waals surface area contributed by atoms with Gasteiger partial charge >= 0.3 is 17.9 Å². The molecule has 0 aromatic heterocycles. The molecule has 1 unspecified atom stereocenters. The van der Waals surface area contributed by atoms with E-state index in [9.17, 15) is 14.4 Å². The fourth-order valence-corrected chi connectivity index (χ4v) is 7.83. The van der Waals surface area contributed by atoms with Crippen LogP contribution >= 0.6 is 0 Å². The van der Waals surface area contributed by atoms with E-state index in [1.165, 1.54) is 116 Å². The SMILES string of the molecule is CC/C=C\C/C=C\C/C=C\C/C=C\C/C=C\CCCC(=O)OC(COC(=O)CCCCCCCC/C=C\C/C=C\C/C=C\CCCCC)COC(=O)CCCCCCCCC/C=C\CCCCCCCC. The molecule has 0 aliphatic heterocycles. The summed E-state index contributed by atoms with van der Waals surface area (Å²) in [6.45, 7) is 6.44. The first-order valence-corrected chi connectivity index (χ1v) is 29.4. The van der Waals surface area contributed by atoms with Gasteiger partial charge in [-0.25, -0.2) is 0 Å². The highest BCUT2D eigenvalue weighted by Crippen LogP contribution is 2.14. The first-order valence-electron chi connectivity index (χ1n) is 29.4. The average Bonchev–Trinajstić information content (AvgIpc) is 3.37. The van der Waals surface area contributed by atoms with Crippen LogP contribution in [-0.4, -0.2) is 37.2 Å². The second kappa shape index (κ2) is 58.6. The van der Waals surface area contributed by atoms with E-state index >= 15 is 0 Å². The summed E-state index contributed by atoms with van der Waals surface area (Å²) in [4.78, 5) is 38.2. The van der Waals surface area contributed by atoms with Gasteiger partial charge in [-0.15, -0.1) is 0 Å². The molecule has 0 N–H and O–H groups in total. The molecule has 404 valence electrons. The number of carbonyl (C=O) groups excluding carboxylic acids is 3. The van der Waals surface area contributed by atoms with Gasteiger partial charge in [0.2, 0.25) is 0 Å². The Morgan fingerprint density at radius 3 is 0.944 bits per heavy atom. The van der Waals surface area contributed by atoms with Crippen LogP contribution in [0.5, 0.6) is 0 Å². The van der Waals surface area contributed by atoms with Gasteiger partial charge in [-0.1, -0.05) is 233 Å². The van der Waals surface area contributed by atoms with Gasteiger partial charge in [0.05, 0.1) is 0 Å². The largest absolute Gasteiger partial charge is 0.462 e. The molecule has 0 amide bonds. The summed E-state index contributed by atoms with van der Waals surface area (Å²) in [5.74, 6) is -0.982. The average molecular weight is 986 g/mol. The zero-order valence-electron chi connectivity index (χ0n) is 46.2. The van der Waals surface area contributed by atoms with E-state index in [0.717, 1.165) is 103 Å². The van der Waals surface area contributed by atoms with Gasteiger partial charge in [0.15, 0.2) is 6.10 Å². The summed E-state index contributed by atoms with van der Waals surface area (Å²) in [7, 11) is 0.